The molecule has 5 rings (SSSR count). The lowest BCUT2D eigenvalue weighted by Gasteiger charge is -2.38. The molecule has 3 aromatic rings. The summed E-state index contributed by atoms with van der Waals surface area (Å²) in [6, 6.07) is 18.4. The van der Waals surface area contributed by atoms with Gasteiger partial charge in [0.05, 0.1) is 6.04 Å². The smallest absolute Gasteiger partial charge is 0.415 e. The van der Waals surface area contributed by atoms with Crippen LogP contribution in [0.4, 0.5) is 10.5 Å². The van der Waals surface area contributed by atoms with Gasteiger partial charge in [0.25, 0.3) is 0 Å². The third-order valence-electron chi connectivity index (χ3n) is 6.25. The molecule has 1 amide bonds. The van der Waals surface area contributed by atoms with Crippen LogP contribution in [0.25, 0.3) is 10.9 Å². The Hall–Kier alpha value is -2.79. The predicted octanol–water partition coefficient (Wildman–Crippen LogP) is 4.25. The highest BCUT2D eigenvalue weighted by molar-refractivity contribution is 5.91. The van der Waals surface area contributed by atoms with Crippen LogP contribution < -0.4 is 10.2 Å². The molecule has 0 aliphatic carbocycles. The second-order valence-electron chi connectivity index (χ2n) is 7.80. The summed E-state index contributed by atoms with van der Waals surface area (Å²) >= 11 is 0. The first-order valence-corrected chi connectivity index (χ1v) is 10.1. The lowest BCUT2D eigenvalue weighted by Crippen LogP contribution is -2.52. The number of benzene rings is 2. The van der Waals surface area contributed by atoms with Gasteiger partial charge in [-0.15, -0.1) is 0 Å². The average molecular weight is 375 g/mol. The van der Waals surface area contributed by atoms with E-state index in [4.69, 9.17) is 4.74 Å². The van der Waals surface area contributed by atoms with Gasteiger partial charge in [0, 0.05) is 35.6 Å². The number of aromatic amines is 1. The number of anilines is 1. The number of amides is 1. The van der Waals surface area contributed by atoms with Crippen molar-refractivity contribution in [2.75, 3.05) is 18.0 Å². The van der Waals surface area contributed by atoms with Crippen LogP contribution in [0.5, 0.6) is 0 Å². The molecule has 2 N–H and O–H groups in total. The third kappa shape index (κ3) is 2.87. The van der Waals surface area contributed by atoms with Crippen LogP contribution in [0.15, 0.2) is 60.8 Å². The molecule has 1 atom stereocenters. The Labute approximate surface area is 164 Å². The SMILES string of the molecule is O=C1OC2(CCNCC2)C(CCc2c[nH]c3ccccc23)N1c1ccccc1. The fourth-order valence-corrected chi connectivity index (χ4v) is 4.84. The zero-order valence-electron chi connectivity index (χ0n) is 15.9. The van der Waals surface area contributed by atoms with Gasteiger partial charge in [0.15, 0.2) is 0 Å². The molecule has 3 heterocycles. The number of hydrogen-bond donors (Lipinski definition) is 2. The van der Waals surface area contributed by atoms with Crippen molar-refractivity contribution in [1.29, 1.82) is 0 Å². The molecule has 1 aromatic heterocycles. The normalized spacial score (nSPS) is 21.4. The number of carbonyl (C=O) groups excluding carboxylic acids is 1. The molecule has 144 valence electrons. The summed E-state index contributed by atoms with van der Waals surface area (Å²) < 4.78 is 6.07. The first-order chi connectivity index (χ1) is 13.8. The number of aryl methyl sites for hydroxylation is 1. The maximum Gasteiger partial charge on any atom is 0.415 e. The van der Waals surface area contributed by atoms with Crippen molar-refractivity contribution >= 4 is 22.7 Å². The number of carbonyl (C=O) groups is 1. The number of nitrogens with one attached hydrogen (secondary N) is 2. The third-order valence-corrected chi connectivity index (χ3v) is 6.25. The van der Waals surface area contributed by atoms with Gasteiger partial charge < -0.3 is 15.0 Å². The summed E-state index contributed by atoms with van der Waals surface area (Å²) in [5.41, 5.74) is 2.98. The van der Waals surface area contributed by atoms with E-state index in [0.717, 1.165) is 50.0 Å². The minimum Gasteiger partial charge on any atom is -0.440 e. The summed E-state index contributed by atoms with van der Waals surface area (Å²) in [5.74, 6) is 0. The quantitative estimate of drug-likeness (QED) is 0.717. The molecule has 5 nitrogen and oxygen atoms in total. The van der Waals surface area contributed by atoms with Crippen LogP contribution in [0, 0.1) is 0 Å². The van der Waals surface area contributed by atoms with Crippen molar-refractivity contribution in [1.82, 2.24) is 10.3 Å². The number of rotatable bonds is 4. The highest BCUT2D eigenvalue weighted by atomic mass is 16.6. The second kappa shape index (κ2) is 6.99. The lowest BCUT2D eigenvalue weighted by atomic mass is 9.82. The minimum absolute atomic E-state index is 0.0400. The maximum atomic E-state index is 12.9. The van der Waals surface area contributed by atoms with Crippen LogP contribution in [0.1, 0.15) is 24.8 Å². The number of fused-ring (bicyclic) bond motifs is 1. The van der Waals surface area contributed by atoms with Crippen LogP contribution in [-0.4, -0.2) is 35.8 Å². The van der Waals surface area contributed by atoms with Crippen molar-refractivity contribution in [2.45, 2.75) is 37.3 Å². The van der Waals surface area contributed by atoms with Crippen molar-refractivity contribution in [2.24, 2.45) is 0 Å². The predicted molar refractivity (Wildman–Crippen MR) is 111 cm³/mol. The fraction of sp³-hybridized carbons (Fsp3) is 0.348. The molecule has 1 unspecified atom stereocenters. The largest absolute Gasteiger partial charge is 0.440 e. The number of para-hydroxylation sites is 2. The molecule has 28 heavy (non-hydrogen) atoms. The summed E-state index contributed by atoms with van der Waals surface area (Å²) in [6.07, 6.45) is 5.40. The molecule has 2 fully saturated rings. The number of nitrogens with zero attached hydrogens (tertiary/aromatic N) is 1. The number of H-pyrrole nitrogens is 1. The second-order valence-corrected chi connectivity index (χ2v) is 7.80. The van der Waals surface area contributed by atoms with Gasteiger partial charge in [-0.05, 0) is 49.7 Å². The molecule has 2 aliphatic rings. The molecule has 0 bridgehead atoms. The summed E-state index contributed by atoms with van der Waals surface area (Å²) in [4.78, 5) is 18.2. The van der Waals surface area contributed by atoms with E-state index in [9.17, 15) is 4.79 Å². The molecule has 0 radical (unpaired) electrons. The van der Waals surface area contributed by atoms with E-state index in [2.05, 4.69) is 34.7 Å². The fourth-order valence-electron chi connectivity index (χ4n) is 4.84. The molecule has 1 spiro atoms. The van der Waals surface area contributed by atoms with Crippen molar-refractivity contribution < 1.29 is 9.53 Å². The zero-order chi connectivity index (χ0) is 19.0. The molecule has 0 saturated carbocycles. The Morgan fingerprint density at radius 1 is 1.04 bits per heavy atom. The van der Waals surface area contributed by atoms with E-state index >= 15 is 0 Å². The Bertz CT molecular complexity index is 976. The lowest BCUT2D eigenvalue weighted by molar-refractivity contribution is 0.00916. The molecule has 2 saturated heterocycles. The Morgan fingerprint density at radius 2 is 1.79 bits per heavy atom. The van der Waals surface area contributed by atoms with E-state index in [-0.39, 0.29) is 12.1 Å². The van der Waals surface area contributed by atoms with Gasteiger partial charge in [0.1, 0.15) is 5.60 Å². The van der Waals surface area contributed by atoms with E-state index in [1.807, 2.05) is 41.3 Å². The van der Waals surface area contributed by atoms with Gasteiger partial charge in [0.2, 0.25) is 0 Å². The average Bonchev–Trinajstić information content (AvgIpc) is 3.26. The molecule has 2 aliphatic heterocycles. The topological polar surface area (TPSA) is 57.4 Å². The summed E-state index contributed by atoms with van der Waals surface area (Å²) in [5, 5.41) is 4.67. The standard InChI is InChI=1S/C23H25N3O2/c27-22-26(18-6-2-1-3-7-18)21(23(28-22)12-14-24-15-13-23)11-10-17-16-25-20-9-5-4-8-19(17)20/h1-9,16,21,24-25H,10-15H2. The minimum atomic E-state index is -0.399. The zero-order valence-corrected chi connectivity index (χ0v) is 15.9. The Kier molecular flexibility index (Phi) is 4.32. The Morgan fingerprint density at radius 3 is 2.61 bits per heavy atom. The molecular formula is C23H25N3O2. The summed E-state index contributed by atoms with van der Waals surface area (Å²) in [6.45, 7) is 1.78. The van der Waals surface area contributed by atoms with Gasteiger partial charge in [-0.1, -0.05) is 36.4 Å². The van der Waals surface area contributed by atoms with Crippen molar-refractivity contribution in [3.05, 3.63) is 66.4 Å². The van der Waals surface area contributed by atoms with Crippen LogP contribution >= 0.6 is 0 Å². The number of piperidine rings is 1. The van der Waals surface area contributed by atoms with Gasteiger partial charge in [-0.2, -0.15) is 0 Å². The molecular weight excluding hydrogens is 350 g/mol. The molecule has 2 aromatic carbocycles. The summed E-state index contributed by atoms with van der Waals surface area (Å²) in [7, 11) is 0. The highest BCUT2D eigenvalue weighted by Gasteiger charge is 2.54. The molecule has 5 heteroatoms. The van der Waals surface area contributed by atoms with Crippen molar-refractivity contribution in [3.8, 4) is 0 Å². The van der Waals surface area contributed by atoms with Crippen LogP contribution in [0.2, 0.25) is 0 Å². The van der Waals surface area contributed by atoms with E-state index in [1.54, 1.807) is 0 Å². The number of hydrogen-bond acceptors (Lipinski definition) is 3. The monoisotopic (exact) mass is 375 g/mol. The van der Waals surface area contributed by atoms with Gasteiger partial charge in [-0.3, -0.25) is 4.90 Å². The first-order valence-electron chi connectivity index (χ1n) is 10.1. The van der Waals surface area contributed by atoms with Crippen LogP contribution in [0.3, 0.4) is 0 Å². The van der Waals surface area contributed by atoms with Gasteiger partial charge in [-0.25, -0.2) is 4.79 Å². The first kappa shape index (κ1) is 17.3. The van der Waals surface area contributed by atoms with Crippen LogP contribution in [-0.2, 0) is 11.2 Å². The van der Waals surface area contributed by atoms with E-state index in [0.29, 0.717) is 0 Å². The highest BCUT2D eigenvalue weighted by Crippen LogP contribution is 2.41. The maximum absolute atomic E-state index is 12.9. The van der Waals surface area contributed by atoms with E-state index in [1.165, 1.54) is 10.9 Å². The van der Waals surface area contributed by atoms with Gasteiger partial charge >= 0.3 is 6.09 Å². The Balaban J connectivity index is 1.47. The van der Waals surface area contributed by atoms with Crippen molar-refractivity contribution in [3.63, 3.8) is 0 Å². The number of ether oxygens (including phenoxy) is 1. The van der Waals surface area contributed by atoms with E-state index < -0.39 is 5.60 Å². The number of aromatic nitrogens is 1.